The average Bonchev–Trinajstić information content (AvgIpc) is 2.60. The van der Waals surface area contributed by atoms with Crippen LogP contribution in [0.25, 0.3) is 0 Å². The molecule has 2 bridgehead atoms. The first-order valence-electron chi connectivity index (χ1n) is 9.01. The Labute approximate surface area is 153 Å². The Hall–Kier alpha value is -1.99. The van der Waals surface area contributed by atoms with Crippen LogP contribution in [-0.4, -0.2) is 79.8 Å². The van der Waals surface area contributed by atoms with Crippen LogP contribution in [0.4, 0.5) is 0 Å². The number of hydrogen-bond acceptors (Lipinski definition) is 6. The van der Waals surface area contributed by atoms with Crippen LogP contribution >= 0.6 is 0 Å². The number of amides is 1. The van der Waals surface area contributed by atoms with E-state index in [1.807, 2.05) is 18.9 Å². The smallest absolute Gasteiger partial charge is 0.242 e. The fourth-order valence-corrected chi connectivity index (χ4v) is 4.10. The van der Waals surface area contributed by atoms with E-state index in [0.717, 1.165) is 12.8 Å². The second-order valence-electron chi connectivity index (χ2n) is 7.13. The highest BCUT2D eigenvalue weighted by Crippen LogP contribution is 2.40. The van der Waals surface area contributed by atoms with Gasteiger partial charge in [-0.1, -0.05) is 13.3 Å². The molecule has 2 aliphatic heterocycles. The van der Waals surface area contributed by atoms with Crippen LogP contribution in [0.1, 0.15) is 26.7 Å². The normalized spacial score (nSPS) is 29.5. The summed E-state index contributed by atoms with van der Waals surface area (Å²) in [7, 11) is 4.93. The largest absolute Gasteiger partial charge is 0.492 e. The first-order valence-corrected chi connectivity index (χ1v) is 9.01. The van der Waals surface area contributed by atoms with Crippen molar-refractivity contribution >= 4 is 17.5 Å². The number of ether oxygens (including phenoxy) is 2. The Morgan fingerprint density at radius 2 is 1.81 bits per heavy atom. The predicted octanol–water partition coefficient (Wildman–Crippen LogP) is 0.695. The van der Waals surface area contributed by atoms with Crippen molar-refractivity contribution in [1.82, 2.24) is 9.80 Å². The summed E-state index contributed by atoms with van der Waals surface area (Å²) in [4.78, 5) is 42.4. The number of ketones is 2. The van der Waals surface area contributed by atoms with Gasteiger partial charge >= 0.3 is 0 Å². The number of nitrogens with zero attached hydrogens (tertiary/aromatic N) is 2. The maximum absolute atomic E-state index is 13.1. The van der Waals surface area contributed by atoms with Crippen LogP contribution in [0, 0.1) is 0 Å². The number of piperazine rings is 1. The van der Waals surface area contributed by atoms with Crippen molar-refractivity contribution in [2.75, 3.05) is 34.4 Å². The monoisotopic (exact) mass is 362 g/mol. The minimum Gasteiger partial charge on any atom is -0.492 e. The molecular formula is C19H26N2O5. The zero-order valence-corrected chi connectivity index (χ0v) is 16.0. The molecule has 1 amide bonds. The molecule has 7 heteroatoms. The maximum Gasteiger partial charge on any atom is 0.242 e. The number of Topliss-reactive ketones (excluding diaryl/α,β-unsaturated/α-hetero) is 2. The van der Waals surface area contributed by atoms with E-state index in [4.69, 9.17) is 9.47 Å². The molecule has 26 heavy (non-hydrogen) atoms. The third kappa shape index (κ3) is 2.61. The van der Waals surface area contributed by atoms with E-state index < -0.39 is 12.1 Å². The molecule has 3 aliphatic rings. The van der Waals surface area contributed by atoms with Crippen LogP contribution in [0.5, 0.6) is 0 Å². The second kappa shape index (κ2) is 6.96. The number of unbranched alkanes of at least 4 members (excludes halogenated alkanes) is 1. The number of methoxy groups -OCH3 is 1. The van der Waals surface area contributed by atoms with Gasteiger partial charge in [0.2, 0.25) is 11.7 Å². The highest BCUT2D eigenvalue weighted by atomic mass is 16.5. The highest BCUT2D eigenvalue weighted by Gasteiger charge is 2.55. The third-order valence-electron chi connectivity index (χ3n) is 5.58. The lowest BCUT2D eigenvalue weighted by atomic mass is 9.75. The molecule has 1 aliphatic carbocycles. The zero-order chi connectivity index (χ0) is 19.2. The molecule has 0 aromatic carbocycles. The number of carbonyl (C=O) groups excluding carboxylic acids is 3. The van der Waals surface area contributed by atoms with Gasteiger partial charge in [0.25, 0.3) is 0 Å². The molecule has 1 saturated heterocycles. The van der Waals surface area contributed by atoms with Crippen molar-refractivity contribution in [1.29, 1.82) is 0 Å². The molecule has 1 fully saturated rings. The number of allylic oxidation sites excluding steroid dienone is 2. The lowest BCUT2D eigenvalue weighted by Gasteiger charge is -2.51. The fraction of sp³-hybridized carbons (Fsp3) is 0.632. The lowest BCUT2D eigenvalue weighted by molar-refractivity contribution is -0.151. The molecule has 0 aromatic rings. The van der Waals surface area contributed by atoms with Crippen molar-refractivity contribution in [2.45, 2.75) is 44.9 Å². The molecule has 0 N–H and O–H groups in total. The van der Waals surface area contributed by atoms with E-state index in [2.05, 4.69) is 0 Å². The van der Waals surface area contributed by atoms with Crippen molar-refractivity contribution in [3.05, 3.63) is 22.5 Å². The van der Waals surface area contributed by atoms with Crippen LogP contribution in [-0.2, 0) is 23.9 Å². The number of carbonyl (C=O) groups is 3. The standard InChI is InChI=1S/C19H26N2O5/c1-6-7-8-26-18-13-12(16(23)17(25-5)10(2)15(13)22)11-9-20(3)19(24)14(18)21(11)4/h11,14,18H,6-9H2,1-5H3/t11-,14-,18-/m0/s1. The molecule has 3 rings (SSSR count). The van der Waals surface area contributed by atoms with Gasteiger partial charge in [-0.05, 0) is 20.4 Å². The van der Waals surface area contributed by atoms with Crippen LogP contribution in [0.3, 0.4) is 0 Å². The highest BCUT2D eigenvalue weighted by molar-refractivity contribution is 6.25. The summed E-state index contributed by atoms with van der Waals surface area (Å²) in [5, 5.41) is 0. The summed E-state index contributed by atoms with van der Waals surface area (Å²) in [6, 6.07) is -0.929. The van der Waals surface area contributed by atoms with Gasteiger partial charge in [-0.3, -0.25) is 19.3 Å². The maximum atomic E-state index is 13.1. The molecule has 3 atom stereocenters. The van der Waals surface area contributed by atoms with E-state index in [1.165, 1.54) is 7.11 Å². The van der Waals surface area contributed by atoms with Crippen LogP contribution < -0.4 is 0 Å². The summed E-state index contributed by atoms with van der Waals surface area (Å²) in [6.07, 6.45) is 1.02. The molecule has 0 aromatic heterocycles. The van der Waals surface area contributed by atoms with E-state index in [9.17, 15) is 14.4 Å². The van der Waals surface area contributed by atoms with E-state index >= 15 is 0 Å². The first-order chi connectivity index (χ1) is 12.3. The molecule has 0 radical (unpaired) electrons. The molecule has 0 spiro atoms. The van der Waals surface area contributed by atoms with Crippen molar-refractivity contribution in [3.63, 3.8) is 0 Å². The SMILES string of the molecule is CCCCO[C@H]1C2=C(C(=O)C(OC)=C(C)C2=O)[C@@H]2CN(C)C(=O)[C@H]1N2C. The van der Waals surface area contributed by atoms with Gasteiger partial charge < -0.3 is 14.4 Å². The van der Waals surface area contributed by atoms with Gasteiger partial charge in [0.1, 0.15) is 12.1 Å². The minimum absolute atomic E-state index is 0.0868. The lowest BCUT2D eigenvalue weighted by Crippen LogP contribution is -2.68. The molecule has 0 saturated carbocycles. The Morgan fingerprint density at radius 1 is 1.12 bits per heavy atom. The van der Waals surface area contributed by atoms with Gasteiger partial charge in [0.05, 0.1) is 13.2 Å². The Morgan fingerprint density at radius 3 is 2.42 bits per heavy atom. The van der Waals surface area contributed by atoms with Gasteiger partial charge in [0.15, 0.2) is 11.5 Å². The van der Waals surface area contributed by atoms with Crippen LogP contribution in [0.15, 0.2) is 22.5 Å². The van der Waals surface area contributed by atoms with Gasteiger partial charge in [-0.2, -0.15) is 0 Å². The number of rotatable bonds is 5. The minimum atomic E-state index is -0.738. The number of likely N-dealkylation sites (N-methyl/N-ethyl adjacent to an activating group) is 2. The van der Waals surface area contributed by atoms with Gasteiger partial charge in [0, 0.05) is 36.9 Å². The number of hydrogen-bond donors (Lipinski definition) is 0. The predicted molar refractivity (Wildman–Crippen MR) is 94.4 cm³/mol. The Bertz CT molecular complexity index is 723. The Balaban J connectivity index is 2.14. The Kier molecular flexibility index (Phi) is 5.03. The topological polar surface area (TPSA) is 76.1 Å². The molecule has 142 valence electrons. The van der Waals surface area contributed by atoms with Crippen LogP contribution in [0.2, 0.25) is 0 Å². The number of fused-ring (bicyclic) bond motifs is 3. The summed E-state index contributed by atoms with van der Waals surface area (Å²) >= 11 is 0. The second-order valence-corrected chi connectivity index (χ2v) is 7.13. The van der Waals surface area contributed by atoms with E-state index in [1.54, 1.807) is 18.9 Å². The average molecular weight is 362 g/mol. The zero-order valence-electron chi connectivity index (χ0n) is 16.0. The molecular weight excluding hydrogens is 336 g/mol. The van der Waals surface area contributed by atoms with Gasteiger partial charge in [-0.15, -0.1) is 0 Å². The fourth-order valence-electron chi connectivity index (χ4n) is 4.10. The van der Waals surface area contributed by atoms with Gasteiger partial charge in [-0.25, -0.2) is 0 Å². The molecule has 0 unspecified atom stereocenters. The first kappa shape index (κ1) is 18.8. The van der Waals surface area contributed by atoms with E-state index in [-0.39, 0.29) is 34.8 Å². The third-order valence-corrected chi connectivity index (χ3v) is 5.58. The summed E-state index contributed by atoms with van der Waals surface area (Å²) < 4.78 is 11.2. The molecule has 7 nitrogen and oxygen atoms in total. The quantitative estimate of drug-likeness (QED) is 0.529. The summed E-state index contributed by atoms with van der Waals surface area (Å²) in [5.74, 6) is -0.524. The summed E-state index contributed by atoms with van der Waals surface area (Å²) in [5.41, 5.74) is 1.04. The van der Waals surface area contributed by atoms with E-state index in [0.29, 0.717) is 24.3 Å². The van der Waals surface area contributed by atoms with Crippen molar-refractivity contribution in [2.24, 2.45) is 0 Å². The van der Waals surface area contributed by atoms with Crippen molar-refractivity contribution in [3.8, 4) is 0 Å². The summed E-state index contributed by atoms with van der Waals surface area (Å²) in [6.45, 7) is 4.43. The van der Waals surface area contributed by atoms with Crippen molar-refractivity contribution < 1.29 is 23.9 Å². The molecule has 2 heterocycles.